The number of allylic oxidation sites excluding steroid dienone is 3. The zero-order valence-electron chi connectivity index (χ0n) is 23.9. The number of aromatic nitrogens is 2. The number of hydroxylamine groups is 2. The van der Waals surface area contributed by atoms with Crippen molar-refractivity contribution in [1.29, 1.82) is 0 Å². The van der Waals surface area contributed by atoms with E-state index in [0.717, 1.165) is 48.2 Å². The van der Waals surface area contributed by atoms with Crippen molar-refractivity contribution in [3.8, 4) is 5.75 Å². The zero-order valence-corrected chi connectivity index (χ0v) is 23.9. The molecule has 8 nitrogen and oxygen atoms in total. The first-order valence-corrected chi connectivity index (χ1v) is 14.2. The number of aryl methyl sites for hydroxylation is 1. The molecule has 0 spiro atoms. The largest absolute Gasteiger partial charge is 0.396 e. The standard InChI is InChI=1S/C33H36FN5O3/c1-4-35-19-23-8-11-31(36-20-23)37-30-18-28(21-38(3)33(30)41)24(13-15-40)7-5-6-22(2)39-14-12-26-16-27(25-9-10-25)17-29(34)32(26)42-39/h5-8,11-12,14,16-18,20-21,25,35,40H,2,4,9-10,13,15,19H2,1,3H3,(H,36,37)/b6-5-,24-7+. The molecule has 2 aromatic heterocycles. The van der Waals surface area contributed by atoms with Crippen molar-refractivity contribution in [3.05, 3.63) is 118 Å². The average molecular weight is 570 g/mol. The van der Waals surface area contributed by atoms with E-state index >= 15 is 0 Å². The van der Waals surface area contributed by atoms with Gasteiger partial charge in [-0.25, -0.2) is 9.37 Å². The molecule has 0 unspecified atom stereocenters. The summed E-state index contributed by atoms with van der Waals surface area (Å²) in [5.74, 6) is 0.804. The molecule has 0 bridgehead atoms. The van der Waals surface area contributed by atoms with Crippen LogP contribution in [0.4, 0.5) is 15.9 Å². The summed E-state index contributed by atoms with van der Waals surface area (Å²) in [5.41, 5.74) is 5.03. The Balaban J connectivity index is 1.31. The normalized spacial score (nSPS) is 14.7. The number of anilines is 2. The van der Waals surface area contributed by atoms with Gasteiger partial charge >= 0.3 is 0 Å². The van der Waals surface area contributed by atoms with Crippen LogP contribution in [0.15, 0.2) is 84.2 Å². The fourth-order valence-electron chi connectivity index (χ4n) is 4.72. The van der Waals surface area contributed by atoms with Crippen LogP contribution in [-0.2, 0) is 13.6 Å². The lowest BCUT2D eigenvalue weighted by Gasteiger charge is -2.26. The summed E-state index contributed by atoms with van der Waals surface area (Å²) in [6.45, 7) is 7.62. The van der Waals surface area contributed by atoms with Gasteiger partial charge < -0.3 is 25.1 Å². The second-order valence-corrected chi connectivity index (χ2v) is 10.5. The molecule has 0 radical (unpaired) electrons. The monoisotopic (exact) mass is 569 g/mol. The van der Waals surface area contributed by atoms with E-state index < -0.39 is 0 Å². The number of hydrogen-bond acceptors (Lipinski definition) is 7. The predicted molar refractivity (Wildman–Crippen MR) is 164 cm³/mol. The lowest BCUT2D eigenvalue weighted by Crippen LogP contribution is -2.23. The van der Waals surface area contributed by atoms with Gasteiger partial charge in [-0.15, -0.1) is 0 Å². The van der Waals surface area contributed by atoms with Crippen LogP contribution >= 0.6 is 0 Å². The third-order valence-corrected chi connectivity index (χ3v) is 7.19. The molecule has 42 heavy (non-hydrogen) atoms. The summed E-state index contributed by atoms with van der Waals surface area (Å²) >= 11 is 0. The molecule has 1 aliphatic heterocycles. The molecule has 0 atom stereocenters. The Kier molecular flexibility index (Phi) is 9.00. The fourth-order valence-corrected chi connectivity index (χ4v) is 4.72. The topological polar surface area (TPSA) is 91.7 Å². The molecule has 9 heteroatoms. The Morgan fingerprint density at radius 1 is 1.29 bits per heavy atom. The molecular formula is C33H36FN5O3. The van der Waals surface area contributed by atoms with Crippen molar-refractivity contribution in [2.24, 2.45) is 7.05 Å². The maximum absolute atomic E-state index is 14.8. The van der Waals surface area contributed by atoms with Gasteiger partial charge in [0.1, 0.15) is 11.5 Å². The maximum Gasteiger partial charge on any atom is 0.274 e. The summed E-state index contributed by atoms with van der Waals surface area (Å²) in [6.07, 6.45) is 15.0. The van der Waals surface area contributed by atoms with Crippen molar-refractivity contribution < 1.29 is 14.3 Å². The lowest BCUT2D eigenvalue weighted by atomic mass is 10.0. The Morgan fingerprint density at radius 3 is 2.83 bits per heavy atom. The summed E-state index contributed by atoms with van der Waals surface area (Å²) in [7, 11) is 1.68. The number of fused-ring (bicyclic) bond motifs is 1. The number of nitrogens with zero attached hydrogens (tertiary/aromatic N) is 3. The van der Waals surface area contributed by atoms with E-state index in [-0.39, 0.29) is 23.7 Å². The van der Waals surface area contributed by atoms with E-state index in [9.17, 15) is 14.3 Å². The smallest absolute Gasteiger partial charge is 0.274 e. The molecular weight excluding hydrogens is 533 g/mol. The molecule has 1 aromatic carbocycles. The molecule has 1 aliphatic carbocycles. The van der Waals surface area contributed by atoms with Crippen LogP contribution in [0.3, 0.4) is 0 Å². The summed E-state index contributed by atoms with van der Waals surface area (Å²) in [4.78, 5) is 23.1. The van der Waals surface area contributed by atoms with Gasteiger partial charge in [0.15, 0.2) is 11.6 Å². The van der Waals surface area contributed by atoms with Crippen LogP contribution in [0.25, 0.3) is 11.6 Å². The van der Waals surface area contributed by atoms with E-state index in [1.165, 1.54) is 9.63 Å². The van der Waals surface area contributed by atoms with Crippen LogP contribution in [0.5, 0.6) is 5.75 Å². The molecule has 1 fully saturated rings. The minimum absolute atomic E-state index is 0.0715. The number of hydrogen-bond donors (Lipinski definition) is 3. The minimum Gasteiger partial charge on any atom is -0.396 e. The second kappa shape index (κ2) is 13.0. The Hall–Kier alpha value is -4.47. The highest BCUT2D eigenvalue weighted by molar-refractivity contribution is 5.70. The Bertz CT molecular complexity index is 1600. The number of pyridine rings is 2. The van der Waals surface area contributed by atoms with Crippen molar-refractivity contribution in [2.75, 3.05) is 18.5 Å². The van der Waals surface area contributed by atoms with E-state index in [1.807, 2.05) is 37.3 Å². The van der Waals surface area contributed by atoms with Crippen LogP contribution in [0, 0.1) is 5.82 Å². The van der Waals surface area contributed by atoms with Crippen molar-refractivity contribution in [1.82, 2.24) is 19.9 Å². The second-order valence-electron chi connectivity index (χ2n) is 10.5. The summed E-state index contributed by atoms with van der Waals surface area (Å²) < 4.78 is 16.3. The molecule has 218 valence electrons. The van der Waals surface area contributed by atoms with Gasteiger partial charge in [-0.1, -0.05) is 31.7 Å². The van der Waals surface area contributed by atoms with E-state index in [2.05, 4.69) is 22.2 Å². The predicted octanol–water partition coefficient (Wildman–Crippen LogP) is 5.77. The molecule has 0 amide bonds. The molecule has 5 rings (SSSR count). The molecule has 3 heterocycles. The highest BCUT2D eigenvalue weighted by atomic mass is 19.1. The van der Waals surface area contributed by atoms with E-state index in [0.29, 0.717) is 35.1 Å². The van der Waals surface area contributed by atoms with Gasteiger partial charge in [-0.05, 0) is 90.4 Å². The number of benzene rings is 1. The Morgan fingerprint density at radius 2 is 2.12 bits per heavy atom. The SMILES string of the molecule is C=C(/C=C\C=C(/CCO)c1cc(Nc2ccc(CNCC)cn2)c(=O)n(C)c1)N1C=Cc2cc(C3CC3)cc(F)c2O1. The number of nitrogens with one attached hydrogen (secondary N) is 2. The first-order valence-electron chi connectivity index (χ1n) is 14.2. The average Bonchev–Trinajstić information content (AvgIpc) is 3.84. The maximum atomic E-state index is 14.8. The van der Waals surface area contributed by atoms with Gasteiger partial charge in [0.25, 0.3) is 5.56 Å². The third-order valence-electron chi connectivity index (χ3n) is 7.19. The molecule has 2 aliphatic rings. The number of aliphatic hydroxyl groups excluding tert-OH is 1. The van der Waals surface area contributed by atoms with Crippen LogP contribution in [0.1, 0.15) is 54.4 Å². The van der Waals surface area contributed by atoms with Crippen molar-refractivity contribution >= 4 is 23.2 Å². The third kappa shape index (κ3) is 6.87. The van der Waals surface area contributed by atoms with Gasteiger partial charge in [0, 0.05) is 44.4 Å². The van der Waals surface area contributed by atoms with Gasteiger partial charge in [-0.3, -0.25) is 4.79 Å². The van der Waals surface area contributed by atoms with Gasteiger partial charge in [0.2, 0.25) is 0 Å². The molecule has 0 saturated heterocycles. The first-order chi connectivity index (χ1) is 20.4. The lowest BCUT2D eigenvalue weighted by molar-refractivity contribution is 0.0278. The molecule has 1 saturated carbocycles. The van der Waals surface area contributed by atoms with Crippen LogP contribution in [-0.4, -0.2) is 32.9 Å². The minimum atomic E-state index is -0.385. The first kappa shape index (κ1) is 29.0. The molecule has 3 N–H and O–H groups in total. The number of rotatable bonds is 12. The fraction of sp³-hybridized carbons (Fsp3) is 0.273. The van der Waals surface area contributed by atoms with Crippen molar-refractivity contribution in [3.63, 3.8) is 0 Å². The van der Waals surface area contributed by atoms with Crippen molar-refractivity contribution in [2.45, 2.75) is 38.6 Å². The number of halogens is 1. The van der Waals surface area contributed by atoms with Crippen LogP contribution in [0.2, 0.25) is 0 Å². The summed E-state index contributed by atoms with van der Waals surface area (Å²) in [5, 5.41) is 17.6. The van der Waals surface area contributed by atoms with Gasteiger partial charge in [0.05, 0.1) is 5.70 Å². The quantitative estimate of drug-likeness (QED) is 0.239. The Labute approximate surface area is 245 Å². The van der Waals surface area contributed by atoms with E-state index in [1.54, 1.807) is 49.9 Å². The number of aliphatic hydroxyl groups is 1. The summed E-state index contributed by atoms with van der Waals surface area (Å²) in [6, 6.07) is 9.10. The van der Waals surface area contributed by atoms with Gasteiger partial charge in [-0.2, -0.15) is 5.06 Å². The highest BCUT2D eigenvalue weighted by Gasteiger charge is 2.27. The van der Waals surface area contributed by atoms with Crippen LogP contribution < -0.4 is 21.0 Å². The zero-order chi connectivity index (χ0) is 29.6. The molecule has 3 aromatic rings. The highest BCUT2D eigenvalue weighted by Crippen LogP contribution is 2.43. The van der Waals surface area contributed by atoms with E-state index in [4.69, 9.17) is 4.84 Å².